The van der Waals surface area contributed by atoms with Gasteiger partial charge in [-0.2, -0.15) is 10.1 Å². The molecule has 2 aromatic heterocycles. The zero-order valence-electron chi connectivity index (χ0n) is 21.0. The van der Waals surface area contributed by atoms with Crippen LogP contribution in [0, 0.1) is 20.8 Å². The first kappa shape index (κ1) is 25.0. The Morgan fingerprint density at radius 3 is 2.80 bits per heavy atom. The smallest absolute Gasteiger partial charge is 0.229 e. The number of aryl methyl sites for hydroxylation is 3. The lowest BCUT2D eigenvalue weighted by molar-refractivity contribution is 0.222. The van der Waals surface area contributed by atoms with E-state index in [2.05, 4.69) is 74.7 Å². The molecule has 35 heavy (non-hydrogen) atoms. The van der Waals surface area contributed by atoms with Gasteiger partial charge < -0.3 is 16.4 Å². The summed E-state index contributed by atoms with van der Waals surface area (Å²) in [5.41, 5.74) is 12.9. The van der Waals surface area contributed by atoms with E-state index in [1.165, 1.54) is 24.0 Å². The topological polar surface area (TPSA) is 108 Å². The molecule has 186 valence electrons. The number of nitrogens with one attached hydrogen (secondary N) is 3. The highest BCUT2D eigenvalue weighted by atomic mass is 35.5. The molecule has 1 unspecified atom stereocenters. The lowest BCUT2D eigenvalue weighted by Crippen LogP contribution is -2.37. The monoisotopic (exact) mass is 494 g/mol. The number of nitrogens with two attached hydrogens (primary N) is 1. The Labute approximate surface area is 212 Å². The number of piperidine rings is 1. The van der Waals surface area contributed by atoms with E-state index in [-0.39, 0.29) is 0 Å². The standard InChI is InChI=1S/C26H35ClN8/c1-5-7-20(28)15-35-9-6-8-19(14-35)21-10-17(3)23(11-16(21)2)30-26-29-13-22(27)25(32-26)31-24-12-18(4)33-34-24/h7,10-13,19H,5-6,8-9,14-15,28H2,1-4H3,(H3,29,30,31,32,33,34)/b20-7+. The summed E-state index contributed by atoms with van der Waals surface area (Å²) >= 11 is 6.31. The first-order chi connectivity index (χ1) is 16.8. The van der Waals surface area contributed by atoms with Crippen LogP contribution in [0.25, 0.3) is 0 Å². The molecule has 1 aliphatic rings. The Morgan fingerprint density at radius 2 is 2.06 bits per heavy atom. The maximum absolute atomic E-state index is 6.31. The third-order valence-corrected chi connectivity index (χ3v) is 6.65. The van der Waals surface area contributed by atoms with Gasteiger partial charge in [-0.1, -0.05) is 30.7 Å². The number of likely N-dealkylation sites (tertiary alicyclic amines) is 1. The zero-order chi connectivity index (χ0) is 24.9. The van der Waals surface area contributed by atoms with Crippen LogP contribution < -0.4 is 16.4 Å². The van der Waals surface area contributed by atoms with Crippen LogP contribution in [-0.4, -0.2) is 44.7 Å². The summed E-state index contributed by atoms with van der Waals surface area (Å²) in [4.78, 5) is 11.4. The Hall–Kier alpha value is -3.10. The van der Waals surface area contributed by atoms with Crippen molar-refractivity contribution in [1.29, 1.82) is 0 Å². The average Bonchev–Trinajstić information content (AvgIpc) is 3.23. The van der Waals surface area contributed by atoms with Crippen molar-refractivity contribution < 1.29 is 0 Å². The molecule has 8 nitrogen and oxygen atoms in total. The van der Waals surface area contributed by atoms with E-state index in [9.17, 15) is 0 Å². The van der Waals surface area contributed by atoms with Gasteiger partial charge in [0.25, 0.3) is 0 Å². The number of nitrogens with zero attached hydrogens (tertiary/aromatic N) is 4. The number of halogens is 1. The van der Waals surface area contributed by atoms with E-state index in [1.54, 1.807) is 6.20 Å². The Kier molecular flexibility index (Phi) is 7.93. The van der Waals surface area contributed by atoms with Crippen molar-refractivity contribution in [3.8, 4) is 0 Å². The molecule has 3 heterocycles. The predicted molar refractivity (Wildman–Crippen MR) is 144 cm³/mol. The molecule has 1 aromatic carbocycles. The van der Waals surface area contributed by atoms with Gasteiger partial charge in [-0.15, -0.1) is 0 Å². The van der Waals surface area contributed by atoms with Gasteiger partial charge in [0.2, 0.25) is 5.95 Å². The van der Waals surface area contributed by atoms with Crippen molar-refractivity contribution in [3.63, 3.8) is 0 Å². The van der Waals surface area contributed by atoms with Crippen molar-refractivity contribution in [2.45, 2.75) is 52.9 Å². The number of hydrogen-bond donors (Lipinski definition) is 4. The molecule has 4 rings (SSSR count). The Bertz CT molecular complexity index is 1200. The van der Waals surface area contributed by atoms with Crippen molar-refractivity contribution in [3.05, 3.63) is 63.6 Å². The quantitative estimate of drug-likeness (QED) is 0.318. The summed E-state index contributed by atoms with van der Waals surface area (Å²) in [6, 6.07) is 6.38. The summed E-state index contributed by atoms with van der Waals surface area (Å²) < 4.78 is 0. The zero-order valence-corrected chi connectivity index (χ0v) is 21.7. The van der Waals surface area contributed by atoms with E-state index in [0.717, 1.165) is 48.7 Å². The Morgan fingerprint density at radius 1 is 1.23 bits per heavy atom. The molecule has 0 bridgehead atoms. The minimum Gasteiger partial charge on any atom is -0.401 e. The minimum atomic E-state index is 0.427. The summed E-state index contributed by atoms with van der Waals surface area (Å²) in [7, 11) is 0. The molecule has 5 N–H and O–H groups in total. The predicted octanol–water partition coefficient (Wildman–Crippen LogP) is 5.70. The molecule has 0 aliphatic carbocycles. The fourth-order valence-electron chi connectivity index (χ4n) is 4.69. The van der Waals surface area contributed by atoms with Crippen LogP contribution in [-0.2, 0) is 0 Å². The summed E-state index contributed by atoms with van der Waals surface area (Å²) in [5, 5.41) is 14.0. The summed E-state index contributed by atoms with van der Waals surface area (Å²) in [5.74, 6) is 2.13. The van der Waals surface area contributed by atoms with Gasteiger partial charge in [-0.25, -0.2) is 4.98 Å². The molecule has 1 atom stereocenters. The second kappa shape index (κ2) is 11.1. The van der Waals surface area contributed by atoms with Crippen molar-refractivity contribution in [2.75, 3.05) is 30.3 Å². The lowest BCUT2D eigenvalue weighted by Gasteiger charge is -2.34. The summed E-state index contributed by atoms with van der Waals surface area (Å²) in [6.45, 7) is 11.4. The number of allylic oxidation sites excluding steroid dienone is 1. The van der Waals surface area contributed by atoms with Crippen LogP contribution in [0.5, 0.6) is 0 Å². The Balaban J connectivity index is 1.49. The SMILES string of the molecule is CC/C=C(/N)CN1CCCC(c2cc(C)c(Nc3ncc(Cl)c(Nc4cc(C)[nH]n4)n3)cc2C)C1. The molecule has 0 radical (unpaired) electrons. The number of anilines is 4. The van der Waals surface area contributed by atoms with Gasteiger partial charge in [0.05, 0.1) is 6.20 Å². The van der Waals surface area contributed by atoms with Gasteiger partial charge in [-0.05, 0) is 75.3 Å². The maximum atomic E-state index is 6.31. The fraction of sp³-hybridized carbons (Fsp3) is 0.423. The van der Waals surface area contributed by atoms with Gasteiger partial charge in [0.1, 0.15) is 5.02 Å². The molecule has 1 fully saturated rings. The molecule has 9 heteroatoms. The maximum Gasteiger partial charge on any atom is 0.229 e. The number of benzene rings is 1. The first-order valence-electron chi connectivity index (χ1n) is 12.2. The number of H-pyrrole nitrogens is 1. The third kappa shape index (κ3) is 6.32. The van der Waals surface area contributed by atoms with Crippen LogP contribution >= 0.6 is 11.6 Å². The van der Waals surface area contributed by atoms with Crippen LogP contribution in [0.15, 0.2) is 36.2 Å². The molecule has 1 saturated heterocycles. The highest BCUT2D eigenvalue weighted by Gasteiger charge is 2.23. The number of aromatic nitrogens is 4. The van der Waals surface area contributed by atoms with E-state index in [4.69, 9.17) is 17.3 Å². The molecule has 0 amide bonds. The number of hydrogen-bond acceptors (Lipinski definition) is 7. The largest absolute Gasteiger partial charge is 0.401 e. The van der Waals surface area contributed by atoms with Gasteiger partial charge in [-0.3, -0.25) is 10.00 Å². The molecular weight excluding hydrogens is 460 g/mol. The van der Waals surface area contributed by atoms with Gasteiger partial charge >= 0.3 is 0 Å². The second-order valence-corrected chi connectivity index (χ2v) is 9.77. The molecule has 0 spiro atoms. The van der Waals surface area contributed by atoms with E-state index in [1.807, 2.05) is 13.0 Å². The van der Waals surface area contributed by atoms with Crippen LogP contribution in [0.3, 0.4) is 0 Å². The van der Waals surface area contributed by atoms with Crippen LogP contribution in [0.1, 0.15) is 54.5 Å². The van der Waals surface area contributed by atoms with Gasteiger partial charge in [0.15, 0.2) is 11.6 Å². The highest BCUT2D eigenvalue weighted by Crippen LogP contribution is 2.33. The van der Waals surface area contributed by atoms with Crippen LogP contribution in [0.2, 0.25) is 5.02 Å². The van der Waals surface area contributed by atoms with Crippen molar-refractivity contribution in [1.82, 2.24) is 25.1 Å². The first-order valence-corrected chi connectivity index (χ1v) is 12.6. The highest BCUT2D eigenvalue weighted by molar-refractivity contribution is 6.32. The lowest BCUT2D eigenvalue weighted by atomic mass is 9.86. The van der Waals surface area contributed by atoms with E-state index < -0.39 is 0 Å². The van der Waals surface area contributed by atoms with Crippen molar-refractivity contribution in [2.24, 2.45) is 5.73 Å². The van der Waals surface area contributed by atoms with E-state index >= 15 is 0 Å². The van der Waals surface area contributed by atoms with Gasteiger partial charge in [0, 0.05) is 36.2 Å². The summed E-state index contributed by atoms with van der Waals surface area (Å²) in [6.07, 6.45) is 7.07. The second-order valence-electron chi connectivity index (χ2n) is 9.36. The minimum absolute atomic E-state index is 0.427. The molecule has 1 aliphatic heterocycles. The molecular formula is C26H35ClN8. The molecule has 0 saturated carbocycles. The van der Waals surface area contributed by atoms with Crippen LogP contribution in [0.4, 0.5) is 23.3 Å². The average molecular weight is 495 g/mol. The molecule has 3 aromatic rings. The van der Waals surface area contributed by atoms with Crippen molar-refractivity contribution >= 4 is 34.9 Å². The number of rotatable bonds is 8. The third-order valence-electron chi connectivity index (χ3n) is 6.37. The number of aromatic amines is 1. The van der Waals surface area contributed by atoms with E-state index in [0.29, 0.717) is 28.5 Å². The fourth-order valence-corrected chi connectivity index (χ4v) is 4.83. The normalized spacial score (nSPS) is 16.9.